The van der Waals surface area contributed by atoms with Gasteiger partial charge in [-0.05, 0) is 63.2 Å². The molecule has 0 spiro atoms. The fourth-order valence-corrected chi connectivity index (χ4v) is 4.83. The summed E-state index contributed by atoms with van der Waals surface area (Å²) in [5, 5.41) is 10.8. The molecule has 0 aliphatic carbocycles. The number of rotatable bonds is 10. The number of hydrogen-bond donors (Lipinski definition) is 0. The van der Waals surface area contributed by atoms with Crippen molar-refractivity contribution in [1.29, 1.82) is 0 Å². The van der Waals surface area contributed by atoms with E-state index in [1.54, 1.807) is 13.8 Å². The molecular formula is C34H27Cl2F6N3O11. The van der Waals surface area contributed by atoms with E-state index in [9.17, 15) is 60.4 Å². The molecular weight excluding hydrogens is 811 g/mol. The average molecular weight is 838 g/mol. The van der Waals surface area contributed by atoms with E-state index < -0.39 is 81.7 Å². The summed E-state index contributed by atoms with van der Waals surface area (Å²) in [6.45, 7) is 4.06. The highest BCUT2D eigenvalue weighted by Crippen LogP contribution is 2.37. The zero-order valence-electron chi connectivity index (χ0n) is 29.1. The second-order valence-electron chi connectivity index (χ2n) is 11.2. The maximum Gasteiger partial charge on any atom is 0.431 e. The predicted molar refractivity (Wildman–Crippen MR) is 184 cm³/mol. The lowest BCUT2D eigenvalue weighted by Gasteiger charge is -2.15. The van der Waals surface area contributed by atoms with Gasteiger partial charge in [0.15, 0.2) is 6.61 Å². The number of aromatic nitrogens is 2. The van der Waals surface area contributed by atoms with E-state index in [0.717, 1.165) is 43.4 Å². The summed E-state index contributed by atoms with van der Waals surface area (Å²) in [7, 11) is 0.894. The van der Waals surface area contributed by atoms with Gasteiger partial charge < -0.3 is 18.9 Å². The molecule has 0 radical (unpaired) electrons. The van der Waals surface area contributed by atoms with Crippen LogP contribution >= 0.6 is 23.2 Å². The molecule has 0 amide bonds. The number of hydrogen-bond acceptors (Lipinski definition) is 11. The number of esters is 3. The largest absolute Gasteiger partial charge is 0.463 e. The van der Waals surface area contributed by atoms with Gasteiger partial charge in [-0.3, -0.25) is 19.5 Å². The van der Waals surface area contributed by atoms with Crippen LogP contribution in [-0.4, -0.2) is 51.3 Å². The van der Waals surface area contributed by atoms with Gasteiger partial charge in [-0.1, -0.05) is 23.2 Å². The Morgan fingerprint density at radius 2 is 1.50 bits per heavy atom. The van der Waals surface area contributed by atoms with E-state index in [1.165, 1.54) is 19.1 Å². The minimum absolute atomic E-state index is 0.0104. The van der Waals surface area contributed by atoms with Gasteiger partial charge in [-0.2, -0.15) is 26.3 Å². The van der Waals surface area contributed by atoms with Crippen LogP contribution in [0.15, 0.2) is 70.3 Å². The third-order valence-corrected chi connectivity index (χ3v) is 7.50. The molecule has 56 heavy (non-hydrogen) atoms. The Morgan fingerprint density at radius 1 is 0.839 bits per heavy atom. The SMILES string of the molecule is CC(C)OC(=O)c1cc(-n2c(=O)cc(C(F)(F)F)n(C)c2=O)ccc1Cl.CCOC(=O)COC(=O)c1cc(Oc2ccc(C(F)(F)F)cc2Cl)ccc1[N+](=O)[O-]. The molecule has 0 N–H and O–H groups in total. The van der Waals surface area contributed by atoms with Gasteiger partial charge in [-0.25, -0.2) is 23.7 Å². The van der Waals surface area contributed by atoms with Crippen molar-refractivity contribution in [3.05, 3.63) is 124 Å². The van der Waals surface area contributed by atoms with E-state index >= 15 is 0 Å². The molecule has 0 bridgehead atoms. The minimum Gasteiger partial charge on any atom is -0.463 e. The monoisotopic (exact) mass is 837 g/mol. The molecule has 22 heteroatoms. The smallest absolute Gasteiger partial charge is 0.431 e. The second kappa shape index (κ2) is 18.2. The molecule has 0 unspecified atom stereocenters. The summed E-state index contributed by atoms with van der Waals surface area (Å²) >= 11 is 11.7. The summed E-state index contributed by atoms with van der Waals surface area (Å²) < 4.78 is 97.3. The van der Waals surface area contributed by atoms with Crippen LogP contribution in [0.2, 0.25) is 10.0 Å². The quantitative estimate of drug-likeness (QED) is 0.0507. The van der Waals surface area contributed by atoms with Crippen LogP contribution in [0.3, 0.4) is 0 Å². The van der Waals surface area contributed by atoms with E-state index in [-0.39, 0.29) is 39.4 Å². The van der Waals surface area contributed by atoms with Crippen molar-refractivity contribution in [2.24, 2.45) is 7.05 Å². The summed E-state index contributed by atoms with van der Waals surface area (Å²) in [6, 6.07) is 9.26. The van der Waals surface area contributed by atoms with E-state index in [1.807, 2.05) is 0 Å². The van der Waals surface area contributed by atoms with Gasteiger partial charge in [0.25, 0.3) is 11.2 Å². The highest BCUT2D eigenvalue weighted by atomic mass is 35.5. The maximum absolute atomic E-state index is 12.9. The van der Waals surface area contributed by atoms with Crippen LogP contribution < -0.4 is 16.0 Å². The number of nitrogens with zero attached hydrogens (tertiary/aromatic N) is 3. The summed E-state index contributed by atoms with van der Waals surface area (Å²) in [5.74, 6) is -3.14. The number of alkyl halides is 6. The van der Waals surface area contributed by atoms with Gasteiger partial charge in [0.2, 0.25) is 0 Å². The normalized spacial score (nSPS) is 11.3. The molecule has 0 saturated heterocycles. The number of halogens is 8. The summed E-state index contributed by atoms with van der Waals surface area (Å²) in [6.07, 6.45) is -9.91. The van der Waals surface area contributed by atoms with Crippen LogP contribution in [0.25, 0.3) is 5.69 Å². The van der Waals surface area contributed by atoms with Crippen molar-refractivity contribution in [3.63, 3.8) is 0 Å². The van der Waals surface area contributed by atoms with Gasteiger partial charge in [0.05, 0.1) is 44.5 Å². The highest BCUT2D eigenvalue weighted by Gasteiger charge is 2.35. The molecule has 0 atom stereocenters. The number of carbonyl (C=O) groups excluding carboxylic acids is 3. The third-order valence-electron chi connectivity index (χ3n) is 6.88. The van der Waals surface area contributed by atoms with Crippen molar-refractivity contribution in [2.45, 2.75) is 39.2 Å². The van der Waals surface area contributed by atoms with Crippen molar-refractivity contribution in [2.75, 3.05) is 13.2 Å². The average Bonchev–Trinajstić information content (AvgIpc) is 3.09. The van der Waals surface area contributed by atoms with E-state index in [0.29, 0.717) is 21.3 Å². The Kier molecular flexibility index (Phi) is 14.4. The first-order valence-corrected chi connectivity index (χ1v) is 16.3. The molecule has 0 aliphatic heterocycles. The van der Waals surface area contributed by atoms with Crippen molar-refractivity contribution in [1.82, 2.24) is 9.13 Å². The van der Waals surface area contributed by atoms with Crippen LogP contribution in [0.1, 0.15) is 52.7 Å². The topological polar surface area (TPSA) is 175 Å². The van der Waals surface area contributed by atoms with Crippen LogP contribution in [0, 0.1) is 10.1 Å². The molecule has 1 heterocycles. The zero-order chi connectivity index (χ0) is 42.3. The second-order valence-corrected chi connectivity index (χ2v) is 12.0. The van der Waals surface area contributed by atoms with E-state index in [2.05, 4.69) is 4.74 Å². The highest BCUT2D eigenvalue weighted by molar-refractivity contribution is 6.33. The first-order chi connectivity index (χ1) is 26.0. The molecule has 3 aromatic carbocycles. The molecule has 4 rings (SSSR count). The predicted octanol–water partition coefficient (Wildman–Crippen LogP) is 7.55. The van der Waals surface area contributed by atoms with Gasteiger partial charge in [-0.15, -0.1) is 0 Å². The first-order valence-electron chi connectivity index (χ1n) is 15.5. The van der Waals surface area contributed by atoms with Gasteiger partial charge in [0.1, 0.15) is 22.8 Å². The molecule has 14 nitrogen and oxygen atoms in total. The van der Waals surface area contributed by atoms with Crippen molar-refractivity contribution >= 4 is 46.8 Å². The van der Waals surface area contributed by atoms with Crippen LogP contribution in [-0.2, 0) is 38.4 Å². The van der Waals surface area contributed by atoms with Crippen LogP contribution in [0.4, 0.5) is 32.0 Å². The Balaban J connectivity index is 0.000000303. The van der Waals surface area contributed by atoms with Gasteiger partial charge in [0, 0.05) is 25.2 Å². The Bertz CT molecular complexity index is 2270. The summed E-state index contributed by atoms with van der Waals surface area (Å²) in [5.41, 5.74) is -6.17. The minimum atomic E-state index is -4.86. The number of ether oxygens (including phenoxy) is 4. The number of benzene rings is 3. The fourth-order valence-electron chi connectivity index (χ4n) is 4.41. The Labute approximate surface area is 320 Å². The molecule has 4 aromatic rings. The Hall–Kier alpha value is -5.89. The molecule has 0 aliphatic rings. The molecule has 300 valence electrons. The van der Waals surface area contributed by atoms with Crippen molar-refractivity contribution < 1.29 is 64.6 Å². The lowest BCUT2D eigenvalue weighted by Crippen LogP contribution is -2.40. The van der Waals surface area contributed by atoms with E-state index in [4.69, 9.17) is 37.4 Å². The van der Waals surface area contributed by atoms with Gasteiger partial charge >= 0.3 is 36.0 Å². The molecule has 0 fully saturated rings. The third kappa shape index (κ3) is 11.3. The summed E-state index contributed by atoms with van der Waals surface area (Å²) in [4.78, 5) is 70.2. The number of nitro benzene ring substituents is 1. The lowest BCUT2D eigenvalue weighted by atomic mass is 10.1. The first kappa shape index (κ1) is 44.5. The lowest BCUT2D eigenvalue weighted by molar-refractivity contribution is -0.385. The van der Waals surface area contributed by atoms with Crippen LogP contribution in [0.5, 0.6) is 11.5 Å². The fraction of sp³-hybridized carbons (Fsp3) is 0.265. The van der Waals surface area contributed by atoms with Crippen molar-refractivity contribution in [3.8, 4) is 17.2 Å². The number of nitro groups is 1. The Morgan fingerprint density at radius 3 is 2.05 bits per heavy atom. The molecule has 0 saturated carbocycles. The molecule has 1 aromatic heterocycles. The standard InChI is InChI=1S/C18H13ClF3NO7.C16H14ClF3N2O4/c1-2-28-16(24)9-29-17(25)12-8-11(4-5-14(12)23(26)27)30-15-6-3-10(7-13(15)19)18(20,21)22;1-8(2)26-14(24)10-6-9(4-5-11(10)17)22-13(23)7-12(16(18,19)20)21(3)15(22)25/h3-8H,2,9H2,1H3;4-8H,1-3H3. The zero-order valence-corrected chi connectivity index (χ0v) is 30.6. The maximum atomic E-state index is 12.9. The number of carbonyl (C=O) groups is 3.